The van der Waals surface area contributed by atoms with Gasteiger partial charge < -0.3 is 10.6 Å². The number of allylic oxidation sites excluding steroid dienone is 1. The lowest BCUT2D eigenvalue weighted by Gasteiger charge is -2.37. The molecule has 0 fully saturated rings. The van der Waals surface area contributed by atoms with Gasteiger partial charge in [-0.2, -0.15) is 0 Å². The molecule has 0 radical (unpaired) electrons. The van der Waals surface area contributed by atoms with E-state index in [4.69, 9.17) is 16.7 Å². The Morgan fingerprint density at radius 3 is 2.59 bits per heavy atom. The topological polar surface area (TPSA) is 91.0 Å². The molecule has 1 unspecified atom stereocenters. The smallest absolute Gasteiger partial charge is 0.346 e. The molecule has 8 heteroatoms. The average molecular weight is 385 g/mol. The summed E-state index contributed by atoms with van der Waals surface area (Å²) in [5.74, 6) is 0.00445. The van der Waals surface area contributed by atoms with Gasteiger partial charge in [-0.25, -0.2) is 4.79 Å². The van der Waals surface area contributed by atoms with Gasteiger partial charge in [0.15, 0.2) is 16.9 Å². The molecule has 1 atom stereocenters. The van der Waals surface area contributed by atoms with Crippen LogP contribution in [0.4, 0.5) is 0 Å². The molecule has 1 aromatic heterocycles. The van der Waals surface area contributed by atoms with Crippen LogP contribution in [0, 0.1) is 12.3 Å². The number of thiocarbonyl (C=S) groups is 1. The molecule has 0 saturated carbocycles. The Balaban J connectivity index is 1.87. The highest BCUT2D eigenvalue weighted by molar-refractivity contribution is 7.80. The van der Waals surface area contributed by atoms with Crippen LogP contribution in [0.2, 0.25) is 0 Å². The van der Waals surface area contributed by atoms with Crippen molar-refractivity contribution in [2.45, 2.75) is 39.7 Å². The Labute approximate surface area is 161 Å². The summed E-state index contributed by atoms with van der Waals surface area (Å²) in [5.41, 5.74) is 2.76. The molecular formula is C19H21N4O3S+. The standard InChI is InChI=1S/C19H20N4O3S/c1-10-4-6-11(7-5-10)23-16(17(25)26-22-23)15-14-12(20-18(27)21-15)8-19(2,3)9-13(14)24/h4-7,15H,8-9H2,1-3H3,(H2-,20,21,22,24,25,27)/p+1. The van der Waals surface area contributed by atoms with Gasteiger partial charge >= 0.3 is 11.3 Å². The minimum absolute atomic E-state index is 0.00445. The highest BCUT2D eigenvalue weighted by atomic mass is 32.1. The van der Waals surface area contributed by atoms with E-state index in [9.17, 15) is 9.59 Å². The molecule has 0 bridgehead atoms. The lowest BCUT2D eigenvalue weighted by atomic mass is 9.73. The maximum absolute atomic E-state index is 12.9. The molecule has 0 amide bonds. The van der Waals surface area contributed by atoms with Gasteiger partial charge in [-0.05, 0) is 40.9 Å². The summed E-state index contributed by atoms with van der Waals surface area (Å²) in [5, 5.41) is 9.22. The molecule has 0 saturated heterocycles. The van der Waals surface area contributed by atoms with Crippen LogP contribution in [0.15, 0.2) is 44.9 Å². The Bertz CT molecular complexity index is 1030. The molecule has 27 heavy (non-hydrogen) atoms. The zero-order valence-corrected chi connectivity index (χ0v) is 16.2. The van der Waals surface area contributed by atoms with Crippen molar-refractivity contribution in [3.63, 3.8) is 0 Å². The van der Waals surface area contributed by atoms with Crippen molar-refractivity contribution >= 4 is 23.1 Å². The second kappa shape index (κ2) is 6.16. The number of H-pyrrole nitrogens is 1. The summed E-state index contributed by atoms with van der Waals surface area (Å²) in [7, 11) is 0. The number of carbonyl (C=O) groups excluding carboxylic acids is 1. The lowest BCUT2D eigenvalue weighted by Crippen LogP contribution is -2.53. The van der Waals surface area contributed by atoms with E-state index < -0.39 is 11.7 Å². The number of ketones is 1. The molecular weight excluding hydrogens is 364 g/mol. The van der Waals surface area contributed by atoms with E-state index in [2.05, 4.69) is 15.9 Å². The number of carbonyl (C=O) groups is 1. The fourth-order valence-electron chi connectivity index (χ4n) is 3.78. The molecule has 3 N–H and O–H groups in total. The second-order valence-corrected chi connectivity index (χ2v) is 8.31. The van der Waals surface area contributed by atoms with Crippen molar-refractivity contribution in [3.05, 3.63) is 57.2 Å². The number of benzene rings is 1. The molecule has 2 aromatic rings. The molecule has 4 rings (SSSR count). The molecule has 1 aliphatic heterocycles. The first-order chi connectivity index (χ1) is 12.7. The summed E-state index contributed by atoms with van der Waals surface area (Å²) in [6.07, 6.45) is 1.10. The number of Topliss-reactive ketones (excluding diaryl/α,β-unsaturated/α-hetero) is 1. The summed E-state index contributed by atoms with van der Waals surface area (Å²) in [4.78, 5) is 25.5. The summed E-state index contributed by atoms with van der Waals surface area (Å²) >= 11 is 5.34. The second-order valence-electron chi connectivity index (χ2n) is 7.90. The number of aromatic amines is 1. The van der Waals surface area contributed by atoms with Crippen LogP contribution in [0.1, 0.15) is 44.0 Å². The third kappa shape index (κ3) is 3.10. The van der Waals surface area contributed by atoms with Crippen molar-refractivity contribution in [2.75, 3.05) is 0 Å². The van der Waals surface area contributed by atoms with Crippen molar-refractivity contribution < 1.29 is 14.0 Å². The van der Waals surface area contributed by atoms with E-state index in [0.29, 0.717) is 29.2 Å². The minimum atomic E-state index is -0.666. The average Bonchev–Trinajstić information content (AvgIpc) is 2.94. The van der Waals surface area contributed by atoms with Crippen LogP contribution in [-0.4, -0.2) is 16.2 Å². The van der Waals surface area contributed by atoms with E-state index in [1.54, 1.807) is 4.68 Å². The first kappa shape index (κ1) is 17.7. The largest absolute Gasteiger partial charge is 0.433 e. The first-order valence-electron chi connectivity index (χ1n) is 8.79. The lowest BCUT2D eigenvalue weighted by molar-refractivity contribution is -0.678. The molecule has 1 aliphatic carbocycles. The molecule has 140 valence electrons. The van der Waals surface area contributed by atoms with Crippen LogP contribution in [0.5, 0.6) is 0 Å². The van der Waals surface area contributed by atoms with E-state index in [0.717, 1.165) is 16.9 Å². The Kier molecular flexibility index (Phi) is 4.03. The predicted octanol–water partition coefficient (Wildman–Crippen LogP) is 1.72. The summed E-state index contributed by atoms with van der Waals surface area (Å²) in [6.45, 7) is 6.08. The number of aromatic nitrogens is 2. The van der Waals surface area contributed by atoms with Crippen molar-refractivity contribution in [2.24, 2.45) is 5.41 Å². The van der Waals surface area contributed by atoms with Gasteiger partial charge in [0.25, 0.3) is 0 Å². The van der Waals surface area contributed by atoms with Crippen LogP contribution in [0.25, 0.3) is 5.69 Å². The highest BCUT2D eigenvalue weighted by Crippen LogP contribution is 2.40. The van der Waals surface area contributed by atoms with E-state index in [1.165, 1.54) is 0 Å². The molecule has 7 nitrogen and oxygen atoms in total. The molecule has 1 aromatic carbocycles. The first-order valence-corrected chi connectivity index (χ1v) is 9.20. The molecule has 0 spiro atoms. The zero-order valence-electron chi connectivity index (χ0n) is 15.4. The molecule has 2 heterocycles. The van der Waals surface area contributed by atoms with Gasteiger partial charge in [-0.1, -0.05) is 31.5 Å². The van der Waals surface area contributed by atoms with Crippen LogP contribution in [0.3, 0.4) is 0 Å². The third-order valence-electron chi connectivity index (χ3n) is 4.99. The van der Waals surface area contributed by atoms with E-state index in [1.807, 2.05) is 45.0 Å². The van der Waals surface area contributed by atoms with Gasteiger partial charge in [-0.15, -0.1) is 0 Å². The maximum Gasteiger partial charge on any atom is 0.433 e. The fraction of sp³-hybridized carbons (Fsp3) is 0.368. The SMILES string of the molecule is Cc1ccc(-[n+]2[nH]oc(=O)c2C2NC(=S)NC3=C2C(=O)CC(C)(C)C3)cc1. The number of rotatable bonds is 2. The number of nitrogens with zero attached hydrogens (tertiary/aromatic N) is 1. The van der Waals surface area contributed by atoms with Gasteiger partial charge in [-0.3, -0.25) is 9.32 Å². The Hall–Kier alpha value is -2.74. The molecule has 2 aliphatic rings. The van der Waals surface area contributed by atoms with Crippen molar-refractivity contribution in [3.8, 4) is 5.69 Å². The number of hydrogen-bond donors (Lipinski definition) is 3. The summed E-state index contributed by atoms with van der Waals surface area (Å²) in [6, 6.07) is 6.98. The number of aryl methyl sites for hydroxylation is 1. The van der Waals surface area contributed by atoms with Crippen LogP contribution < -0.4 is 20.9 Å². The fourth-order valence-corrected chi connectivity index (χ4v) is 4.02. The van der Waals surface area contributed by atoms with Gasteiger partial charge in [0, 0.05) is 29.8 Å². The normalized spacial score (nSPS) is 21.5. The monoisotopic (exact) mass is 385 g/mol. The van der Waals surface area contributed by atoms with Gasteiger partial charge in [0.2, 0.25) is 5.69 Å². The third-order valence-corrected chi connectivity index (χ3v) is 5.21. The Morgan fingerprint density at radius 2 is 1.89 bits per heavy atom. The van der Waals surface area contributed by atoms with Crippen molar-refractivity contribution in [1.82, 2.24) is 15.9 Å². The van der Waals surface area contributed by atoms with E-state index in [-0.39, 0.29) is 11.2 Å². The van der Waals surface area contributed by atoms with Crippen LogP contribution in [-0.2, 0) is 4.79 Å². The Morgan fingerprint density at radius 1 is 1.19 bits per heavy atom. The zero-order chi connectivity index (χ0) is 19.3. The summed E-state index contributed by atoms with van der Waals surface area (Å²) < 4.78 is 6.63. The number of nitrogens with one attached hydrogen (secondary N) is 3. The predicted molar refractivity (Wildman–Crippen MR) is 102 cm³/mol. The quantitative estimate of drug-likeness (QED) is 0.539. The van der Waals surface area contributed by atoms with Gasteiger partial charge in [0.1, 0.15) is 0 Å². The van der Waals surface area contributed by atoms with E-state index >= 15 is 0 Å². The van der Waals surface area contributed by atoms with Crippen LogP contribution >= 0.6 is 12.2 Å². The minimum Gasteiger partial charge on any atom is -0.346 e. The van der Waals surface area contributed by atoms with Crippen molar-refractivity contribution in [1.29, 1.82) is 0 Å². The highest BCUT2D eigenvalue weighted by Gasteiger charge is 2.45. The number of hydrogen-bond acceptors (Lipinski definition) is 4. The maximum atomic E-state index is 12.9. The van der Waals surface area contributed by atoms with Gasteiger partial charge in [0.05, 0.1) is 0 Å².